The molecule has 0 bridgehead atoms. The molecule has 124 valence electrons. The lowest BCUT2D eigenvalue weighted by Gasteiger charge is -2.29. The zero-order valence-electron chi connectivity index (χ0n) is 12.6. The molecule has 7 heteroatoms. The SMILES string of the molecule is CC1CC(NC(=O)C(C)Sc2cc(Cl)ccc2Cl)CCN1.Cl. The van der Waals surface area contributed by atoms with E-state index in [1.165, 1.54) is 11.8 Å². The van der Waals surface area contributed by atoms with E-state index in [0.717, 1.165) is 24.3 Å². The van der Waals surface area contributed by atoms with E-state index < -0.39 is 0 Å². The Morgan fingerprint density at radius 1 is 1.45 bits per heavy atom. The first-order valence-corrected chi connectivity index (χ1v) is 8.74. The summed E-state index contributed by atoms with van der Waals surface area (Å²) in [6.07, 6.45) is 1.95. The molecule has 1 amide bonds. The molecule has 2 N–H and O–H groups in total. The summed E-state index contributed by atoms with van der Waals surface area (Å²) in [6, 6.07) is 6.01. The molecule has 0 radical (unpaired) electrons. The van der Waals surface area contributed by atoms with Gasteiger partial charge >= 0.3 is 0 Å². The van der Waals surface area contributed by atoms with Crippen LogP contribution < -0.4 is 10.6 Å². The number of hydrogen-bond donors (Lipinski definition) is 2. The predicted molar refractivity (Wildman–Crippen MR) is 97.7 cm³/mol. The standard InChI is InChI=1S/C15H20Cl2N2OS.ClH/c1-9-7-12(5-6-18-9)19-15(20)10(2)21-14-8-11(16)3-4-13(14)17;/h3-4,8-10,12,18H,5-7H2,1-2H3,(H,19,20);1H. The van der Waals surface area contributed by atoms with Crippen LogP contribution in [0.4, 0.5) is 0 Å². The summed E-state index contributed by atoms with van der Waals surface area (Å²) in [4.78, 5) is 13.1. The molecule has 1 aliphatic heterocycles. The summed E-state index contributed by atoms with van der Waals surface area (Å²) >= 11 is 13.5. The number of benzene rings is 1. The van der Waals surface area contributed by atoms with Crippen molar-refractivity contribution in [2.24, 2.45) is 0 Å². The molecule has 1 aromatic carbocycles. The molecular weight excluding hydrogens is 363 g/mol. The number of halogens is 3. The molecule has 1 fully saturated rings. The normalized spacial score (nSPS) is 22.5. The number of rotatable bonds is 4. The average Bonchev–Trinajstić information content (AvgIpc) is 2.43. The Balaban J connectivity index is 0.00000242. The van der Waals surface area contributed by atoms with E-state index in [1.54, 1.807) is 18.2 Å². The Kier molecular flexibility index (Phi) is 8.36. The second-order valence-corrected chi connectivity index (χ2v) is 7.65. The summed E-state index contributed by atoms with van der Waals surface area (Å²) in [6.45, 7) is 4.98. The molecule has 2 rings (SSSR count). The van der Waals surface area contributed by atoms with Crippen molar-refractivity contribution in [1.82, 2.24) is 10.6 Å². The maximum absolute atomic E-state index is 12.3. The minimum Gasteiger partial charge on any atom is -0.352 e. The molecule has 1 saturated heterocycles. The van der Waals surface area contributed by atoms with Gasteiger partial charge in [0.15, 0.2) is 0 Å². The molecule has 3 nitrogen and oxygen atoms in total. The van der Waals surface area contributed by atoms with Gasteiger partial charge in [0.05, 0.1) is 10.3 Å². The van der Waals surface area contributed by atoms with Crippen molar-refractivity contribution in [3.8, 4) is 0 Å². The summed E-state index contributed by atoms with van der Waals surface area (Å²) < 4.78 is 0. The van der Waals surface area contributed by atoms with Crippen LogP contribution in [-0.4, -0.2) is 29.8 Å². The number of piperidine rings is 1. The average molecular weight is 384 g/mol. The van der Waals surface area contributed by atoms with Gasteiger partial charge in [-0.25, -0.2) is 0 Å². The summed E-state index contributed by atoms with van der Waals surface area (Å²) in [5, 5.41) is 7.56. The second kappa shape index (κ2) is 9.24. The van der Waals surface area contributed by atoms with Gasteiger partial charge in [0.2, 0.25) is 5.91 Å². The van der Waals surface area contributed by atoms with Gasteiger partial charge in [0, 0.05) is 22.0 Å². The number of thioether (sulfide) groups is 1. The van der Waals surface area contributed by atoms with E-state index in [1.807, 2.05) is 6.92 Å². The van der Waals surface area contributed by atoms with Crippen molar-refractivity contribution in [3.63, 3.8) is 0 Å². The molecule has 0 aliphatic carbocycles. The van der Waals surface area contributed by atoms with Crippen LogP contribution >= 0.6 is 47.4 Å². The smallest absolute Gasteiger partial charge is 0.233 e. The third-order valence-electron chi connectivity index (χ3n) is 3.54. The number of amides is 1. The largest absolute Gasteiger partial charge is 0.352 e. The highest BCUT2D eigenvalue weighted by Gasteiger charge is 2.23. The van der Waals surface area contributed by atoms with Crippen molar-refractivity contribution in [2.75, 3.05) is 6.54 Å². The van der Waals surface area contributed by atoms with Gasteiger partial charge in [0.1, 0.15) is 0 Å². The van der Waals surface area contributed by atoms with E-state index in [-0.39, 0.29) is 29.6 Å². The molecule has 0 saturated carbocycles. The number of hydrogen-bond acceptors (Lipinski definition) is 3. The van der Waals surface area contributed by atoms with E-state index in [2.05, 4.69) is 17.6 Å². The Morgan fingerprint density at radius 3 is 2.86 bits per heavy atom. The monoisotopic (exact) mass is 382 g/mol. The topological polar surface area (TPSA) is 41.1 Å². The highest BCUT2D eigenvalue weighted by atomic mass is 35.5. The molecule has 3 atom stereocenters. The zero-order valence-corrected chi connectivity index (χ0v) is 15.7. The van der Waals surface area contributed by atoms with Crippen molar-refractivity contribution < 1.29 is 4.79 Å². The van der Waals surface area contributed by atoms with Crippen LogP contribution in [0.2, 0.25) is 10.0 Å². The Labute approximate surface area is 152 Å². The lowest BCUT2D eigenvalue weighted by molar-refractivity contribution is -0.121. The van der Waals surface area contributed by atoms with Crippen LogP contribution in [-0.2, 0) is 4.79 Å². The number of carbonyl (C=O) groups excluding carboxylic acids is 1. The maximum Gasteiger partial charge on any atom is 0.233 e. The lowest BCUT2D eigenvalue weighted by Crippen LogP contribution is -2.48. The molecular formula is C15H21Cl3N2OS. The molecule has 22 heavy (non-hydrogen) atoms. The highest BCUT2D eigenvalue weighted by molar-refractivity contribution is 8.00. The summed E-state index contributed by atoms with van der Waals surface area (Å²) in [7, 11) is 0. The molecule has 0 aromatic heterocycles. The van der Waals surface area contributed by atoms with Crippen LogP contribution in [0.25, 0.3) is 0 Å². The van der Waals surface area contributed by atoms with Crippen LogP contribution in [0.5, 0.6) is 0 Å². The van der Waals surface area contributed by atoms with Gasteiger partial charge in [-0.15, -0.1) is 24.2 Å². The first kappa shape index (κ1) is 19.9. The van der Waals surface area contributed by atoms with Gasteiger partial charge in [-0.2, -0.15) is 0 Å². The van der Waals surface area contributed by atoms with Gasteiger partial charge in [-0.05, 0) is 51.4 Å². The minimum absolute atomic E-state index is 0. The van der Waals surface area contributed by atoms with Crippen molar-refractivity contribution in [3.05, 3.63) is 28.2 Å². The maximum atomic E-state index is 12.3. The Hall–Kier alpha value is -0.130. The van der Waals surface area contributed by atoms with Crippen molar-refractivity contribution >= 4 is 53.3 Å². The van der Waals surface area contributed by atoms with E-state index in [4.69, 9.17) is 23.2 Å². The fraction of sp³-hybridized carbons (Fsp3) is 0.533. The first-order valence-electron chi connectivity index (χ1n) is 7.11. The minimum atomic E-state index is -0.203. The van der Waals surface area contributed by atoms with Crippen LogP contribution in [0.1, 0.15) is 26.7 Å². The quantitative estimate of drug-likeness (QED) is 0.767. The molecule has 1 aliphatic rings. The van der Waals surface area contributed by atoms with E-state index in [9.17, 15) is 4.79 Å². The number of carbonyl (C=O) groups is 1. The first-order chi connectivity index (χ1) is 9.95. The number of nitrogens with one attached hydrogen (secondary N) is 2. The predicted octanol–water partition coefficient (Wildman–Crippen LogP) is 4.15. The van der Waals surface area contributed by atoms with Crippen LogP contribution in [0, 0.1) is 0 Å². The fourth-order valence-electron chi connectivity index (χ4n) is 2.39. The molecule has 1 heterocycles. The molecule has 0 spiro atoms. The summed E-state index contributed by atoms with van der Waals surface area (Å²) in [5.41, 5.74) is 0. The fourth-order valence-corrected chi connectivity index (χ4v) is 3.81. The van der Waals surface area contributed by atoms with Gasteiger partial charge in [-0.3, -0.25) is 4.79 Å². The van der Waals surface area contributed by atoms with Gasteiger partial charge in [-0.1, -0.05) is 23.2 Å². The third kappa shape index (κ3) is 5.82. The van der Waals surface area contributed by atoms with Gasteiger partial charge < -0.3 is 10.6 Å². The third-order valence-corrected chi connectivity index (χ3v) is 5.37. The van der Waals surface area contributed by atoms with Gasteiger partial charge in [0.25, 0.3) is 0 Å². The Morgan fingerprint density at radius 2 is 2.18 bits per heavy atom. The second-order valence-electron chi connectivity index (χ2n) is 5.42. The highest BCUT2D eigenvalue weighted by Crippen LogP contribution is 2.32. The van der Waals surface area contributed by atoms with Crippen molar-refractivity contribution in [1.29, 1.82) is 0 Å². The van der Waals surface area contributed by atoms with Crippen LogP contribution in [0.3, 0.4) is 0 Å². The van der Waals surface area contributed by atoms with E-state index in [0.29, 0.717) is 16.1 Å². The molecule has 1 aromatic rings. The lowest BCUT2D eigenvalue weighted by atomic mass is 10.0. The zero-order chi connectivity index (χ0) is 15.4. The summed E-state index contributed by atoms with van der Waals surface area (Å²) in [5.74, 6) is 0.0511. The molecule has 3 unspecified atom stereocenters. The van der Waals surface area contributed by atoms with Crippen molar-refractivity contribution in [2.45, 2.75) is 48.9 Å². The Bertz CT molecular complexity index is 516. The van der Waals surface area contributed by atoms with Crippen LogP contribution in [0.15, 0.2) is 23.1 Å². The van der Waals surface area contributed by atoms with E-state index >= 15 is 0 Å².